The lowest BCUT2D eigenvalue weighted by atomic mass is 10.3. The molecular weight excluding hydrogens is 128 g/mol. The van der Waals surface area contributed by atoms with Gasteiger partial charge in [-0.2, -0.15) is 15.0 Å². The molecule has 1 aromatic heterocycles. The van der Waals surface area contributed by atoms with E-state index in [1.165, 1.54) is 0 Å². The summed E-state index contributed by atoms with van der Waals surface area (Å²) in [7, 11) is 1.84. The van der Waals surface area contributed by atoms with Crippen LogP contribution in [0.3, 0.4) is 0 Å². The average molecular weight is 138 g/mol. The normalized spacial score (nSPS) is 17.8. The fourth-order valence-corrected chi connectivity index (χ4v) is 1.37. The topological polar surface area (TPSA) is 56.7 Å². The van der Waals surface area contributed by atoms with Crippen LogP contribution in [-0.4, -0.2) is 21.0 Å². The Morgan fingerprint density at radius 2 is 1.90 bits per heavy atom. The van der Waals surface area contributed by atoms with E-state index in [1.54, 1.807) is 4.80 Å². The molecule has 0 amide bonds. The van der Waals surface area contributed by atoms with Gasteiger partial charge in [-0.25, -0.2) is 0 Å². The van der Waals surface area contributed by atoms with Crippen LogP contribution in [0.15, 0.2) is 0 Å². The standard InChI is InChI=1S/C6H10N4/c1-10-8-5-2-4(7)3-6(5)9-10/h4H,2-3,7H2,1H3. The lowest BCUT2D eigenvalue weighted by molar-refractivity contribution is 0.601. The van der Waals surface area contributed by atoms with Crippen LogP contribution in [0.1, 0.15) is 11.4 Å². The summed E-state index contributed by atoms with van der Waals surface area (Å²) < 4.78 is 0. The maximum atomic E-state index is 5.69. The lowest BCUT2D eigenvalue weighted by Gasteiger charge is -1.96. The zero-order chi connectivity index (χ0) is 7.14. The van der Waals surface area contributed by atoms with E-state index in [2.05, 4.69) is 10.2 Å². The molecule has 0 aliphatic heterocycles. The van der Waals surface area contributed by atoms with Crippen molar-refractivity contribution in [2.75, 3.05) is 0 Å². The van der Waals surface area contributed by atoms with Gasteiger partial charge in [0.1, 0.15) is 0 Å². The SMILES string of the molecule is Cn1nc2c(n1)CC(N)C2. The number of fused-ring (bicyclic) bond motifs is 1. The second-order valence-corrected chi connectivity index (χ2v) is 2.75. The van der Waals surface area contributed by atoms with E-state index in [1.807, 2.05) is 7.05 Å². The minimum absolute atomic E-state index is 0.256. The second kappa shape index (κ2) is 1.79. The summed E-state index contributed by atoms with van der Waals surface area (Å²) in [5.41, 5.74) is 7.85. The van der Waals surface area contributed by atoms with Gasteiger partial charge in [-0.15, -0.1) is 0 Å². The van der Waals surface area contributed by atoms with E-state index in [9.17, 15) is 0 Å². The predicted octanol–water partition coefficient (Wildman–Crippen LogP) is -0.759. The number of nitrogens with two attached hydrogens (primary N) is 1. The number of nitrogens with zero attached hydrogens (tertiary/aromatic N) is 3. The zero-order valence-electron chi connectivity index (χ0n) is 5.91. The summed E-state index contributed by atoms with van der Waals surface area (Å²) in [4.78, 5) is 1.61. The Bertz CT molecular complexity index is 229. The number of hydrogen-bond acceptors (Lipinski definition) is 3. The van der Waals surface area contributed by atoms with Gasteiger partial charge in [-0.05, 0) is 0 Å². The Hall–Kier alpha value is -0.900. The molecule has 4 heteroatoms. The molecule has 0 aromatic carbocycles. The lowest BCUT2D eigenvalue weighted by Crippen LogP contribution is -2.20. The van der Waals surface area contributed by atoms with Crippen molar-refractivity contribution in [1.29, 1.82) is 0 Å². The van der Waals surface area contributed by atoms with E-state index >= 15 is 0 Å². The molecular formula is C6H10N4. The number of hydrogen-bond donors (Lipinski definition) is 1. The van der Waals surface area contributed by atoms with E-state index in [0.717, 1.165) is 24.2 Å². The highest BCUT2D eigenvalue weighted by Gasteiger charge is 2.22. The van der Waals surface area contributed by atoms with Gasteiger partial charge in [0, 0.05) is 25.9 Å². The molecule has 0 spiro atoms. The first-order valence-electron chi connectivity index (χ1n) is 3.40. The highest BCUT2D eigenvalue weighted by molar-refractivity contribution is 5.18. The first-order valence-corrected chi connectivity index (χ1v) is 3.40. The summed E-state index contributed by atoms with van der Waals surface area (Å²) in [5.74, 6) is 0. The molecule has 0 bridgehead atoms. The van der Waals surface area contributed by atoms with E-state index in [0.29, 0.717) is 0 Å². The first kappa shape index (κ1) is 5.85. The van der Waals surface area contributed by atoms with Gasteiger partial charge in [0.2, 0.25) is 0 Å². The average Bonchev–Trinajstić information content (AvgIpc) is 2.21. The van der Waals surface area contributed by atoms with Crippen molar-refractivity contribution in [3.63, 3.8) is 0 Å². The molecule has 0 saturated heterocycles. The summed E-state index contributed by atoms with van der Waals surface area (Å²) >= 11 is 0. The van der Waals surface area contributed by atoms with Crippen LogP contribution in [0.2, 0.25) is 0 Å². The maximum Gasteiger partial charge on any atom is 0.0875 e. The predicted molar refractivity (Wildman–Crippen MR) is 36.4 cm³/mol. The van der Waals surface area contributed by atoms with Crippen LogP contribution in [0.25, 0.3) is 0 Å². The highest BCUT2D eigenvalue weighted by atomic mass is 15.5. The number of aromatic nitrogens is 3. The zero-order valence-corrected chi connectivity index (χ0v) is 5.91. The molecule has 54 valence electrons. The van der Waals surface area contributed by atoms with Crippen molar-refractivity contribution in [3.05, 3.63) is 11.4 Å². The van der Waals surface area contributed by atoms with E-state index in [-0.39, 0.29) is 6.04 Å². The molecule has 0 radical (unpaired) electrons. The highest BCUT2D eigenvalue weighted by Crippen LogP contribution is 2.15. The molecule has 10 heavy (non-hydrogen) atoms. The third-order valence-corrected chi connectivity index (χ3v) is 1.78. The minimum atomic E-state index is 0.256. The van der Waals surface area contributed by atoms with Gasteiger partial charge in [0.25, 0.3) is 0 Å². The molecule has 1 aliphatic carbocycles. The maximum absolute atomic E-state index is 5.69. The van der Waals surface area contributed by atoms with Crippen LogP contribution >= 0.6 is 0 Å². The Balaban J connectivity index is 2.39. The van der Waals surface area contributed by atoms with Gasteiger partial charge < -0.3 is 5.73 Å². The van der Waals surface area contributed by atoms with Crippen LogP contribution in [0, 0.1) is 0 Å². The second-order valence-electron chi connectivity index (χ2n) is 2.75. The summed E-state index contributed by atoms with van der Waals surface area (Å²) in [6.45, 7) is 0. The third-order valence-electron chi connectivity index (χ3n) is 1.78. The molecule has 1 aromatic rings. The molecule has 1 heterocycles. The van der Waals surface area contributed by atoms with Crippen molar-refractivity contribution < 1.29 is 0 Å². The Labute approximate surface area is 59.0 Å². The van der Waals surface area contributed by atoms with Gasteiger partial charge in [0.15, 0.2) is 0 Å². The molecule has 2 N–H and O–H groups in total. The smallest absolute Gasteiger partial charge is 0.0875 e. The Morgan fingerprint density at radius 1 is 1.40 bits per heavy atom. The Morgan fingerprint density at radius 3 is 2.40 bits per heavy atom. The van der Waals surface area contributed by atoms with Crippen LogP contribution in [0.5, 0.6) is 0 Å². The van der Waals surface area contributed by atoms with E-state index < -0.39 is 0 Å². The monoisotopic (exact) mass is 138 g/mol. The van der Waals surface area contributed by atoms with Crippen LogP contribution in [-0.2, 0) is 19.9 Å². The molecule has 0 atom stereocenters. The van der Waals surface area contributed by atoms with Gasteiger partial charge >= 0.3 is 0 Å². The van der Waals surface area contributed by atoms with Crippen molar-refractivity contribution in [3.8, 4) is 0 Å². The number of aryl methyl sites for hydroxylation is 1. The number of rotatable bonds is 0. The molecule has 2 rings (SSSR count). The Kier molecular flexibility index (Phi) is 1.05. The summed E-state index contributed by atoms with van der Waals surface area (Å²) in [6.07, 6.45) is 1.78. The van der Waals surface area contributed by atoms with Gasteiger partial charge in [-0.1, -0.05) is 0 Å². The first-order chi connectivity index (χ1) is 4.75. The quantitative estimate of drug-likeness (QED) is 0.512. The molecule has 1 aliphatic rings. The minimum Gasteiger partial charge on any atom is -0.327 e. The van der Waals surface area contributed by atoms with Crippen molar-refractivity contribution in [1.82, 2.24) is 15.0 Å². The van der Waals surface area contributed by atoms with Crippen molar-refractivity contribution in [2.45, 2.75) is 18.9 Å². The fraction of sp³-hybridized carbons (Fsp3) is 0.667. The van der Waals surface area contributed by atoms with Gasteiger partial charge in [0.05, 0.1) is 11.4 Å². The van der Waals surface area contributed by atoms with E-state index in [4.69, 9.17) is 5.73 Å². The van der Waals surface area contributed by atoms with Crippen LogP contribution < -0.4 is 5.73 Å². The third kappa shape index (κ3) is 0.724. The van der Waals surface area contributed by atoms with Crippen LogP contribution in [0.4, 0.5) is 0 Å². The molecule has 0 unspecified atom stereocenters. The van der Waals surface area contributed by atoms with Crippen molar-refractivity contribution in [2.24, 2.45) is 12.8 Å². The van der Waals surface area contributed by atoms with Crippen molar-refractivity contribution >= 4 is 0 Å². The fourth-order valence-electron chi connectivity index (χ4n) is 1.37. The molecule has 4 nitrogen and oxygen atoms in total. The molecule has 0 fully saturated rings. The van der Waals surface area contributed by atoms with Gasteiger partial charge in [-0.3, -0.25) is 0 Å². The summed E-state index contributed by atoms with van der Waals surface area (Å²) in [6, 6.07) is 0.256. The largest absolute Gasteiger partial charge is 0.327 e. The summed E-state index contributed by atoms with van der Waals surface area (Å²) in [5, 5.41) is 8.33. The molecule has 0 saturated carbocycles.